The van der Waals surface area contributed by atoms with E-state index in [-0.39, 0.29) is 12.8 Å². The molecule has 0 bridgehead atoms. The number of carbonyl (C=O) groups is 2. The lowest BCUT2D eigenvalue weighted by molar-refractivity contribution is -0.166. The van der Waals surface area contributed by atoms with Crippen LogP contribution in [0.3, 0.4) is 0 Å². The highest BCUT2D eigenvalue weighted by molar-refractivity contribution is 5.98. The number of hydrogen-bond donors (Lipinski definition) is 2. The fourth-order valence-corrected chi connectivity index (χ4v) is 3.06. The maximum Gasteiger partial charge on any atom is 0.321 e. The van der Waals surface area contributed by atoms with Crippen LogP contribution in [0.5, 0.6) is 0 Å². The van der Waals surface area contributed by atoms with Gasteiger partial charge in [0.1, 0.15) is 0 Å². The van der Waals surface area contributed by atoms with Gasteiger partial charge < -0.3 is 10.2 Å². The van der Waals surface area contributed by atoms with Crippen LogP contribution >= 0.6 is 0 Å². The molecule has 0 atom stereocenters. The Balaban J connectivity index is 4.21. The van der Waals surface area contributed by atoms with Crippen molar-refractivity contribution in [2.75, 3.05) is 0 Å². The first-order valence-corrected chi connectivity index (χ1v) is 9.48. The summed E-state index contributed by atoms with van der Waals surface area (Å²) in [5.74, 6) is -2.33. The average Bonchev–Trinajstić information content (AvgIpc) is 2.51. The first-order valence-electron chi connectivity index (χ1n) is 9.48. The zero-order valence-electron chi connectivity index (χ0n) is 15.1. The van der Waals surface area contributed by atoms with Crippen LogP contribution in [0.1, 0.15) is 104 Å². The summed E-state index contributed by atoms with van der Waals surface area (Å²) in [5, 5.41) is 18.9. The molecule has 0 unspecified atom stereocenters. The van der Waals surface area contributed by atoms with E-state index in [1.54, 1.807) is 0 Å². The maximum absolute atomic E-state index is 11.6. The Hall–Kier alpha value is -1.06. The third-order valence-corrected chi connectivity index (χ3v) is 4.73. The molecule has 0 spiro atoms. The number of rotatable bonds is 16. The molecule has 0 saturated heterocycles. The Morgan fingerprint density at radius 2 is 0.913 bits per heavy atom. The summed E-state index contributed by atoms with van der Waals surface area (Å²) in [5.41, 5.74) is -1.57. The van der Waals surface area contributed by atoms with Gasteiger partial charge in [-0.05, 0) is 12.8 Å². The summed E-state index contributed by atoms with van der Waals surface area (Å²) in [6.07, 6.45) is 13.1. The van der Waals surface area contributed by atoms with Crippen LogP contribution in [0.4, 0.5) is 0 Å². The number of carboxylic acids is 2. The zero-order valence-corrected chi connectivity index (χ0v) is 15.1. The number of hydrogen-bond acceptors (Lipinski definition) is 2. The molecule has 0 aliphatic heterocycles. The largest absolute Gasteiger partial charge is 0.480 e. The molecule has 136 valence electrons. The van der Waals surface area contributed by atoms with E-state index in [1.165, 1.54) is 32.1 Å². The lowest BCUT2D eigenvalue weighted by atomic mass is 9.78. The van der Waals surface area contributed by atoms with Crippen LogP contribution in [0.15, 0.2) is 0 Å². The quantitative estimate of drug-likeness (QED) is 0.284. The van der Waals surface area contributed by atoms with Crippen molar-refractivity contribution in [2.24, 2.45) is 5.41 Å². The Bertz CT molecular complexity index is 311. The molecule has 0 aromatic rings. The molecule has 0 fully saturated rings. The lowest BCUT2D eigenvalue weighted by Crippen LogP contribution is -2.39. The van der Waals surface area contributed by atoms with Gasteiger partial charge >= 0.3 is 11.9 Å². The third-order valence-electron chi connectivity index (χ3n) is 4.73. The van der Waals surface area contributed by atoms with Gasteiger partial charge in [0.15, 0.2) is 5.41 Å². The van der Waals surface area contributed by atoms with Gasteiger partial charge in [-0.15, -0.1) is 0 Å². The topological polar surface area (TPSA) is 74.6 Å². The van der Waals surface area contributed by atoms with Crippen molar-refractivity contribution in [2.45, 2.75) is 104 Å². The monoisotopic (exact) mass is 328 g/mol. The van der Waals surface area contributed by atoms with Gasteiger partial charge in [0.05, 0.1) is 0 Å². The molecule has 0 saturated carbocycles. The second-order valence-electron chi connectivity index (χ2n) is 6.73. The van der Waals surface area contributed by atoms with Gasteiger partial charge in [0.25, 0.3) is 0 Å². The predicted octanol–water partition coefficient (Wildman–Crippen LogP) is 5.64. The van der Waals surface area contributed by atoms with E-state index in [2.05, 4.69) is 13.8 Å². The smallest absolute Gasteiger partial charge is 0.321 e. The van der Waals surface area contributed by atoms with Gasteiger partial charge in [0.2, 0.25) is 0 Å². The van der Waals surface area contributed by atoms with E-state index >= 15 is 0 Å². The Morgan fingerprint density at radius 1 is 0.609 bits per heavy atom. The summed E-state index contributed by atoms with van der Waals surface area (Å²) in [4.78, 5) is 23.2. The molecule has 0 heterocycles. The Morgan fingerprint density at radius 3 is 1.26 bits per heavy atom. The van der Waals surface area contributed by atoms with Gasteiger partial charge in [0, 0.05) is 0 Å². The highest BCUT2D eigenvalue weighted by Crippen LogP contribution is 2.33. The molecule has 4 heteroatoms. The van der Waals surface area contributed by atoms with Gasteiger partial charge in [-0.2, -0.15) is 0 Å². The van der Waals surface area contributed by atoms with Crippen molar-refractivity contribution >= 4 is 11.9 Å². The summed E-state index contributed by atoms with van der Waals surface area (Å²) >= 11 is 0. The van der Waals surface area contributed by atoms with E-state index in [0.29, 0.717) is 12.8 Å². The molecule has 0 rings (SSSR count). The van der Waals surface area contributed by atoms with Crippen molar-refractivity contribution in [3.8, 4) is 0 Å². The molecular formula is C19H36O4. The average molecular weight is 328 g/mol. The maximum atomic E-state index is 11.6. The van der Waals surface area contributed by atoms with Crippen LogP contribution in [0, 0.1) is 5.41 Å². The zero-order chi connectivity index (χ0) is 17.6. The Labute approximate surface area is 141 Å². The molecule has 0 aliphatic rings. The second-order valence-corrected chi connectivity index (χ2v) is 6.73. The molecule has 0 aromatic carbocycles. The SMILES string of the molecule is CCCCCCCCCCC(CCCCCC)(C(=O)O)C(=O)O. The first-order chi connectivity index (χ1) is 11.0. The predicted molar refractivity (Wildman–Crippen MR) is 93.7 cm³/mol. The van der Waals surface area contributed by atoms with E-state index < -0.39 is 17.4 Å². The number of aliphatic carboxylic acids is 2. The highest BCUT2D eigenvalue weighted by Gasteiger charge is 2.45. The first kappa shape index (κ1) is 21.9. The number of carboxylic acid groups (broad SMARTS) is 2. The Kier molecular flexibility index (Phi) is 12.8. The van der Waals surface area contributed by atoms with Crippen molar-refractivity contribution in [1.82, 2.24) is 0 Å². The molecule has 0 aromatic heterocycles. The van der Waals surface area contributed by atoms with Crippen LogP contribution in [0.25, 0.3) is 0 Å². The van der Waals surface area contributed by atoms with Crippen LogP contribution < -0.4 is 0 Å². The van der Waals surface area contributed by atoms with E-state index in [0.717, 1.165) is 32.1 Å². The van der Waals surface area contributed by atoms with Crippen LogP contribution in [-0.2, 0) is 9.59 Å². The summed E-state index contributed by atoms with van der Waals surface area (Å²) in [6.45, 7) is 4.28. The van der Waals surface area contributed by atoms with E-state index in [4.69, 9.17) is 0 Å². The summed E-state index contributed by atoms with van der Waals surface area (Å²) < 4.78 is 0. The minimum absolute atomic E-state index is 0.258. The summed E-state index contributed by atoms with van der Waals surface area (Å²) in [6, 6.07) is 0. The molecular weight excluding hydrogens is 292 g/mol. The van der Waals surface area contributed by atoms with E-state index in [9.17, 15) is 19.8 Å². The second kappa shape index (κ2) is 13.4. The van der Waals surface area contributed by atoms with Gasteiger partial charge in [-0.1, -0.05) is 90.9 Å². The van der Waals surface area contributed by atoms with E-state index in [1.807, 2.05) is 0 Å². The molecule has 0 radical (unpaired) electrons. The third kappa shape index (κ3) is 8.97. The normalized spacial score (nSPS) is 11.6. The van der Waals surface area contributed by atoms with Gasteiger partial charge in [-0.3, -0.25) is 9.59 Å². The fourth-order valence-electron chi connectivity index (χ4n) is 3.06. The minimum atomic E-state index is -1.57. The van der Waals surface area contributed by atoms with Crippen molar-refractivity contribution in [3.05, 3.63) is 0 Å². The van der Waals surface area contributed by atoms with Crippen molar-refractivity contribution < 1.29 is 19.8 Å². The highest BCUT2D eigenvalue weighted by atomic mass is 16.4. The minimum Gasteiger partial charge on any atom is -0.480 e. The molecule has 0 aliphatic carbocycles. The molecule has 0 amide bonds. The molecule has 23 heavy (non-hydrogen) atoms. The van der Waals surface area contributed by atoms with Crippen LogP contribution in [-0.4, -0.2) is 22.2 Å². The fraction of sp³-hybridized carbons (Fsp3) is 0.895. The van der Waals surface area contributed by atoms with Gasteiger partial charge in [-0.25, -0.2) is 0 Å². The lowest BCUT2D eigenvalue weighted by Gasteiger charge is -2.25. The number of unbranched alkanes of at least 4 members (excludes halogenated alkanes) is 10. The molecule has 2 N–H and O–H groups in total. The van der Waals surface area contributed by atoms with Crippen molar-refractivity contribution in [1.29, 1.82) is 0 Å². The van der Waals surface area contributed by atoms with Crippen molar-refractivity contribution in [3.63, 3.8) is 0 Å². The van der Waals surface area contributed by atoms with Crippen LogP contribution in [0.2, 0.25) is 0 Å². The molecule has 4 nitrogen and oxygen atoms in total. The summed E-state index contributed by atoms with van der Waals surface area (Å²) in [7, 11) is 0. The standard InChI is InChI=1S/C19H36O4/c1-3-5-7-9-10-11-12-14-16-19(17(20)21,18(22)23)15-13-8-6-4-2/h3-16H2,1-2H3,(H,20,21)(H,22,23).